The molecule has 0 bridgehead atoms. The SMILES string of the molecule is CCOC(=O)c1ccccc1NC(=O)CN(c1ccc(C)cc1)S(=O)(=O)c1cccnc1. The van der Waals surface area contributed by atoms with Gasteiger partial charge < -0.3 is 10.1 Å². The fourth-order valence-corrected chi connectivity index (χ4v) is 4.34. The molecule has 166 valence electrons. The zero-order valence-electron chi connectivity index (χ0n) is 17.7. The zero-order valence-corrected chi connectivity index (χ0v) is 18.5. The molecule has 0 radical (unpaired) electrons. The van der Waals surface area contributed by atoms with Gasteiger partial charge in [0.15, 0.2) is 0 Å². The van der Waals surface area contributed by atoms with Gasteiger partial charge in [-0.1, -0.05) is 29.8 Å². The highest BCUT2D eigenvalue weighted by Crippen LogP contribution is 2.24. The normalized spacial score (nSPS) is 10.9. The Bertz CT molecular complexity index is 1200. The van der Waals surface area contributed by atoms with Crippen LogP contribution >= 0.6 is 0 Å². The van der Waals surface area contributed by atoms with Crippen LogP contribution in [0.15, 0.2) is 78.0 Å². The minimum absolute atomic E-state index is 0.0414. The number of pyridine rings is 1. The van der Waals surface area contributed by atoms with Gasteiger partial charge in [0, 0.05) is 12.4 Å². The van der Waals surface area contributed by atoms with Crippen LogP contribution in [0.25, 0.3) is 0 Å². The van der Waals surface area contributed by atoms with Gasteiger partial charge in [-0.25, -0.2) is 13.2 Å². The van der Waals surface area contributed by atoms with E-state index in [-0.39, 0.29) is 22.8 Å². The first-order valence-corrected chi connectivity index (χ1v) is 11.3. The van der Waals surface area contributed by atoms with Crippen molar-refractivity contribution in [3.63, 3.8) is 0 Å². The van der Waals surface area contributed by atoms with Crippen molar-refractivity contribution < 1.29 is 22.7 Å². The van der Waals surface area contributed by atoms with Crippen LogP contribution < -0.4 is 9.62 Å². The maximum atomic E-state index is 13.3. The van der Waals surface area contributed by atoms with Crippen molar-refractivity contribution in [2.45, 2.75) is 18.7 Å². The third-order valence-electron chi connectivity index (χ3n) is 4.53. The number of esters is 1. The lowest BCUT2D eigenvalue weighted by Crippen LogP contribution is -2.38. The number of sulfonamides is 1. The van der Waals surface area contributed by atoms with E-state index < -0.39 is 28.4 Å². The van der Waals surface area contributed by atoms with E-state index in [0.717, 1.165) is 9.87 Å². The minimum Gasteiger partial charge on any atom is -0.462 e. The molecule has 3 rings (SSSR count). The minimum atomic E-state index is -4.07. The van der Waals surface area contributed by atoms with Gasteiger partial charge in [-0.2, -0.15) is 0 Å². The summed E-state index contributed by atoms with van der Waals surface area (Å²) in [7, 11) is -4.07. The molecule has 0 saturated carbocycles. The highest BCUT2D eigenvalue weighted by Gasteiger charge is 2.28. The Morgan fingerprint density at radius 3 is 2.41 bits per heavy atom. The quantitative estimate of drug-likeness (QED) is 0.524. The fraction of sp³-hybridized carbons (Fsp3) is 0.174. The predicted octanol–water partition coefficient (Wildman–Crippen LogP) is 3.40. The Hall–Kier alpha value is -3.72. The summed E-state index contributed by atoms with van der Waals surface area (Å²) in [6.45, 7) is 3.24. The Balaban J connectivity index is 1.92. The van der Waals surface area contributed by atoms with Gasteiger partial charge in [0.2, 0.25) is 5.91 Å². The molecule has 8 nitrogen and oxygen atoms in total. The molecule has 0 spiro atoms. The van der Waals surface area contributed by atoms with Crippen molar-refractivity contribution in [2.24, 2.45) is 0 Å². The van der Waals surface area contributed by atoms with Gasteiger partial charge in [0.25, 0.3) is 10.0 Å². The molecule has 0 aliphatic rings. The molecule has 0 saturated heterocycles. The summed E-state index contributed by atoms with van der Waals surface area (Å²) in [6, 6.07) is 16.1. The van der Waals surface area contributed by atoms with Crippen molar-refractivity contribution in [1.82, 2.24) is 4.98 Å². The number of anilines is 2. The number of carbonyl (C=O) groups excluding carboxylic acids is 2. The fourth-order valence-electron chi connectivity index (χ4n) is 2.95. The van der Waals surface area contributed by atoms with Crippen LogP contribution in [0.4, 0.5) is 11.4 Å². The molecule has 9 heteroatoms. The lowest BCUT2D eigenvalue weighted by atomic mass is 10.2. The average molecular weight is 454 g/mol. The number of carbonyl (C=O) groups is 2. The van der Waals surface area contributed by atoms with Crippen LogP contribution in [-0.2, 0) is 19.6 Å². The van der Waals surface area contributed by atoms with Gasteiger partial charge >= 0.3 is 5.97 Å². The molecular weight excluding hydrogens is 430 g/mol. The molecule has 0 aliphatic carbocycles. The van der Waals surface area contributed by atoms with Crippen molar-refractivity contribution in [3.05, 3.63) is 84.2 Å². The standard InChI is InChI=1S/C23H23N3O5S/c1-3-31-23(28)20-8-4-5-9-21(20)25-22(27)16-26(18-12-10-17(2)11-13-18)32(29,30)19-7-6-14-24-15-19/h4-15H,3,16H2,1-2H3,(H,25,27). The molecule has 1 amide bonds. The second-order valence-electron chi connectivity index (χ2n) is 6.85. The second-order valence-corrected chi connectivity index (χ2v) is 8.71. The van der Waals surface area contributed by atoms with E-state index >= 15 is 0 Å². The largest absolute Gasteiger partial charge is 0.462 e. The average Bonchev–Trinajstić information content (AvgIpc) is 2.79. The molecule has 2 aromatic carbocycles. The summed E-state index contributed by atoms with van der Waals surface area (Å²) in [5.41, 5.74) is 1.69. The van der Waals surface area contributed by atoms with Gasteiger partial charge in [-0.05, 0) is 50.2 Å². The maximum Gasteiger partial charge on any atom is 0.340 e. The number of nitrogens with one attached hydrogen (secondary N) is 1. The summed E-state index contributed by atoms with van der Waals surface area (Å²) >= 11 is 0. The third-order valence-corrected chi connectivity index (χ3v) is 6.29. The highest BCUT2D eigenvalue weighted by molar-refractivity contribution is 7.92. The van der Waals surface area contributed by atoms with E-state index in [1.807, 2.05) is 6.92 Å². The molecule has 0 unspecified atom stereocenters. The monoisotopic (exact) mass is 453 g/mol. The number of aromatic nitrogens is 1. The molecule has 1 heterocycles. The molecule has 1 N–H and O–H groups in total. The van der Waals surface area contributed by atoms with Crippen LogP contribution in [-0.4, -0.2) is 38.4 Å². The van der Waals surface area contributed by atoms with E-state index in [2.05, 4.69) is 10.3 Å². The first kappa shape index (κ1) is 23.0. The first-order valence-electron chi connectivity index (χ1n) is 9.88. The molecule has 0 atom stereocenters. The predicted molar refractivity (Wildman–Crippen MR) is 121 cm³/mol. The van der Waals surface area contributed by atoms with Gasteiger partial charge in [-0.3, -0.25) is 14.1 Å². The van der Waals surface area contributed by atoms with E-state index in [1.165, 1.54) is 30.6 Å². The Kier molecular flexibility index (Phi) is 7.21. The summed E-state index contributed by atoms with van der Waals surface area (Å²) in [6.07, 6.45) is 2.69. The van der Waals surface area contributed by atoms with Gasteiger partial charge in [0.05, 0.1) is 23.5 Å². The van der Waals surface area contributed by atoms with E-state index in [0.29, 0.717) is 5.69 Å². The van der Waals surface area contributed by atoms with Crippen molar-refractivity contribution >= 4 is 33.3 Å². The second kappa shape index (κ2) is 10.1. The lowest BCUT2D eigenvalue weighted by molar-refractivity contribution is -0.114. The third kappa shape index (κ3) is 5.30. The van der Waals surface area contributed by atoms with Gasteiger partial charge in [0.1, 0.15) is 11.4 Å². The highest BCUT2D eigenvalue weighted by atomic mass is 32.2. The Morgan fingerprint density at radius 2 is 1.75 bits per heavy atom. The molecule has 1 aromatic heterocycles. The summed E-state index contributed by atoms with van der Waals surface area (Å²) in [4.78, 5) is 28.9. The number of amides is 1. The van der Waals surface area contributed by atoms with Crippen LogP contribution in [0.5, 0.6) is 0 Å². The van der Waals surface area contributed by atoms with Crippen LogP contribution in [0.2, 0.25) is 0 Å². The van der Waals surface area contributed by atoms with Gasteiger partial charge in [-0.15, -0.1) is 0 Å². The van der Waals surface area contributed by atoms with E-state index in [4.69, 9.17) is 4.74 Å². The summed E-state index contributed by atoms with van der Waals surface area (Å²) in [5, 5.41) is 2.62. The molecule has 0 aliphatic heterocycles. The summed E-state index contributed by atoms with van der Waals surface area (Å²) in [5.74, 6) is -1.20. The smallest absolute Gasteiger partial charge is 0.340 e. The number of rotatable bonds is 8. The lowest BCUT2D eigenvalue weighted by Gasteiger charge is -2.24. The van der Waals surface area contributed by atoms with Crippen molar-refractivity contribution in [1.29, 1.82) is 0 Å². The van der Waals surface area contributed by atoms with E-state index in [1.54, 1.807) is 49.4 Å². The number of hydrogen-bond acceptors (Lipinski definition) is 6. The van der Waals surface area contributed by atoms with Crippen molar-refractivity contribution in [3.8, 4) is 0 Å². The first-order chi connectivity index (χ1) is 15.3. The topological polar surface area (TPSA) is 106 Å². The number of benzene rings is 2. The molecule has 32 heavy (non-hydrogen) atoms. The van der Waals surface area contributed by atoms with Crippen molar-refractivity contribution in [2.75, 3.05) is 22.8 Å². The Morgan fingerprint density at radius 1 is 1.03 bits per heavy atom. The van der Waals surface area contributed by atoms with Crippen LogP contribution in [0.3, 0.4) is 0 Å². The number of nitrogens with zero attached hydrogens (tertiary/aromatic N) is 2. The maximum absolute atomic E-state index is 13.3. The molecule has 0 fully saturated rings. The number of para-hydroxylation sites is 1. The summed E-state index contributed by atoms with van der Waals surface area (Å²) < 4.78 is 32.6. The van der Waals surface area contributed by atoms with Crippen LogP contribution in [0, 0.1) is 6.92 Å². The Labute approximate surface area is 186 Å². The molecular formula is C23H23N3O5S. The molecule has 3 aromatic rings. The zero-order chi connectivity index (χ0) is 23.1. The van der Waals surface area contributed by atoms with Crippen LogP contribution in [0.1, 0.15) is 22.8 Å². The number of aryl methyl sites for hydroxylation is 1. The number of hydrogen-bond donors (Lipinski definition) is 1. The van der Waals surface area contributed by atoms with E-state index in [9.17, 15) is 18.0 Å². The number of ether oxygens (including phenoxy) is 1.